The van der Waals surface area contributed by atoms with Gasteiger partial charge in [0.1, 0.15) is 0 Å². The largest absolute Gasteiger partial charge is 0.340 e. The van der Waals surface area contributed by atoms with Crippen LogP contribution in [0.1, 0.15) is 16.7 Å². The molecule has 1 heterocycles. The summed E-state index contributed by atoms with van der Waals surface area (Å²) >= 11 is 5.90. The molecule has 0 unspecified atom stereocenters. The third-order valence-corrected chi connectivity index (χ3v) is 4.43. The second-order valence-electron chi connectivity index (χ2n) is 5.84. The molecule has 0 fully saturated rings. The number of amidine groups is 1. The van der Waals surface area contributed by atoms with Crippen molar-refractivity contribution < 1.29 is 4.79 Å². The number of rotatable bonds is 2. The predicted molar refractivity (Wildman–Crippen MR) is 101 cm³/mol. The standard InChI is InChI=1S/C19H19ClN4O/c1-21-18(15-7-9-17(20)10-8-15)22-23(2)19(25)24-12-11-14-5-3-4-6-16(14)13-24/h3-10H,1,11-13H2,2H3. The van der Waals surface area contributed by atoms with E-state index in [9.17, 15) is 4.79 Å². The van der Waals surface area contributed by atoms with Gasteiger partial charge in [0.05, 0.1) is 0 Å². The van der Waals surface area contributed by atoms with Gasteiger partial charge in [-0.05, 0) is 48.5 Å². The number of hydrogen-bond donors (Lipinski definition) is 0. The van der Waals surface area contributed by atoms with Crippen LogP contribution in [0.4, 0.5) is 4.79 Å². The van der Waals surface area contributed by atoms with E-state index in [1.165, 1.54) is 16.1 Å². The molecule has 0 aromatic heterocycles. The van der Waals surface area contributed by atoms with Crippen LogP contribution in [0.2, 0.25) is 5.02 Å². The van der Waals surface area contributed by atoms with Gasteiger partial charge in [0.15, 0.2) is 5.84 Å². The number of carbonyl (C=O) groups is 1. The minimum atomic E-state index is -0.162. The highest BCUT2D eigenvalue weighted by atomic mass is 35.5. The maximum Gasteiger partial charge on any atom is 0.340 e. The topological polar surface area (TPSA) is 48.3 Å². The first-order valence-corrected chi connectivity index (χ1v) is 8.37. The van der Waals surface area contributed by atoms with E-state index in [2.05, 4.69) is 28.9 Å². The van der Waals surface area contributed by atoms with Crippen LogP contribution < -0.4 is 0 Å². The Morgan fingerprint density at radius 1 is 1.16 bits per heavy atom. The van der Waals surface area contributed by atoms with Crippen LogP contribution in [0.15, 0.2) is 58.6 Å². The SMILES string of the molecule is C=NC(=NN(C)C(=O)N1CCc2ccccc2C1)c1ccc(Cl)cc1. The zero-order valence-electron chi connectivity index (χ0n) is 14.0. The first-order chi connectivity index (χ1) is 12.1. The summed E-state index contributed by atoms with van der Waals surface area (Å²) in [4.78, 5) is 18.4. The van der Waals surface area contributed by atoms with Crippen LogP contribution in [0.25, 0.3) is 0 Å². The lowest BCUT2D eigenvalue weighted by atomic mass is 10.0. The molecule has 0 bridgehead atoms. The van der Waals surface area contributed by atoms with Crippen molar-refractivity contribution in [3.05, 3.63) is 70.2 Å². The van der Waals surface area contributed by atoms with Crippen molar-refractivity contribution in [2.45, 2.75) is 13.0 Å². The lowest BCUT2D eigenvalue weighted by molar-refractivity contribution is 0.159. The van der Waals surface area contributed by atoms with Gasteiger partial charge in [-0.3, -0.25) is 0 Å². The number of halogens is 1. The zero-order valence-corrected chi connectivity index (χ0v) is 14.8. The maximum absolute atomic E-state index is 12.7. The van der Waals surface area contributed by atoms with Crippen LogP contribution in [-0.4, -0.2) is 42.1 Å². The maximum atomic E-state index is 12.7. The first kappa shape index (κ1) is 17.2. The number of hydrogen-bond acceptors (Lipinski definition) is 2. The van der Waals surface area contributed by atoms with Gasteiger partial charge in [0.25, 0.3) is 0 Å². The van der Waals surface area contributed by atoms with Gasteiger partial charge >= 0.3 is 6.03 Å². The Morgan fingerprint density at radius 2 is 1.84 bits per heavy atom. The van der Waals surface area contributed by atoms with E-state index in [1.807, 2.05) is 12.1 Å². The molecule has 2 aromatic carbocycles. The van der Waals surface area contributed by atoms with Crippen LogP contribution >= 0.6 is 11.6 Å². The lowest BCUT2D eigenvalue weighted by Crippen LogP contribution is -2.42. The van der Waals surface area contributed by atoms with E-state index in [0.717, 1.165) is 12.0 Å². The monoisotopic (exact) mass is 354 g/mol. The molecule has 2 aromatic rings. The second-order valence-corrected chi connectivity index (χ2v) is 6.27. The predicted octanol–water partition coefficient (Wildman–Crippen LogP) is 3.81. The Hall–Kier alpha value is -2.66. The number of hydrazone groups is 1. The molecule has 6 heteroatoms. The minimum Gasteiger partial charge on any atom is -0.319 e. The molecule has 128 valence electrons. The molecule has 25 heavy (non-hydrogen) atoms. The van der Waals surface area contributed by atoms with Crippen molar-refractivity contribution >= 4 is 30.2 Å². The number of amides is 2. The van der Waals surface area contributed by atoms with Crippen molar-refractivity contribution in [2.24, 2.45) is 10.1 Å². The fraction of sp³-hybridized carbons (Fsp3) is 0.211. The number of carbonyl (C=O) groups excluding carboxylic acids is 1. The molecule has 0 aliphatic carbocycles. The molecule has 2 amide bonds. The van der Waals surface area contributed by atoms with E-state index in [4.69, 9.17) is 11.6 Å². The van der Waals surface area contributed by atoms with Gasteiger partial charge in [-0.1, -0.05) is 35.9 Å². The van der Waals surface area contributed by atoms with Crippen molar-refractivity contribution in [2.75, 3.05) is 13.6 Å². The molecule has 0 saturated carbocycles. The highest BCUT2D eigenvalue weighted by Crippen LogP contribution is 2.19. The number of fused-ring (bicyclic) bond motifs is 1. The summed E-state index contributed by atoms with van der Waals surface area (Å²) in [5.74, 6) is 0.380. The Kier molecular flexibility index (Phi) is 5.14. The van der Waals surface area contributed by atoms with E-state index >= 15 is 0 Å². The molecule has 0 N–H and O–H groups in total. The number of nitrogens with zero attached hydrogens (tertiary/aromatic N) is 4. The van der Waals surface area contributed by atoms with E-state index in [1.54, 1.807) is 36.2 Å². The second kappa shape index (κ2) is 7.49. The molecule has 0 atom stereocenters. The van der Waals surface area contributed by atoms with E-state index < -0.39 is 0 Å². The normalized spacial score (nSPS) is 14.0. The number of benzene rings is 2. The summed E-state index contributed by atoms with van der Waals surface area (Å²) in [6.07, 6.45) is 0.850. The quantitative estimate of drug-likeness (QED) is 0.459. The molecular formula is C19H19ClN4O. The minimum absolute atomic E-state index is 0.162. The summed E-state index contributed by atoms with van der Waals surface area (Å²) in [6.45, 7) is 4.81. The van der Waals surface area contributed by atoms with Crippen molar-refractivity contribution in [1.82, 2.24) is 9.91 Å². The fourth-order valence-electron chi connectivity index (χ4n) is 2.83. The fourth-order valence-corrected chi connectivity index (χ4v) is 2.95. The third kappa shape index (κ3) is 3.88. The number of aliphatic imine (C=N–C) groups is 1. The smallest absolute Gasteiger partial charge is 0.319 e. The molecular weight excluding hydrogens is 336 g/mol. The number of urea groups is 1. The molecule has 0 spiro atoms. The van der Waals surface area contributed by atoms with E-state index in [0.29, 0.717) is 23.9 Å². The van der Waals surface area contributed by atoms with Crippen molar-refractivity contribution in [3.8, 4) is 0 Å². The van der Waals surface area contributed by atoms with Gasteiger partial charge in [-0.15, -0.1) is 5.10 Å². The van der Waals surface area contributed by atoms with Crippen LogP contribution in [0, 0.1) is 0 Å². The molecule has 1 aliphatic rings. The van der Waals surface area contributed by atoms with Gasteiger partial charge < -0.3 is 4.90 Å². The molecule has 1 aliphatic heterocycles. The van der Waals surface area contributed by atoms with Crippen molar-refractivity contribution in [3.63, 3.8) is 0 Å². The van der Waals surface area contributed by atoms with Crippen LogP contribution in [0.3, 0.4) is 0 Å². The van der Waals surface area contributed by atoms with Gasteiger partial charge in [-0.25, -0.2) is 14.8 Å². The Bertz CT molecular complexity index is 816. The average Bonchev–Trinajstić information content (AvgIpc) is 2.65. The van der Waals surface area contributed by atoms with E-state index in [-0.39, 0.29) is 6.03 Å². The summed E-state index contributed by atoms with van der Waals surface area (Å²) in [6, 6.07) is 15.1. The Morgan fingerprint density at radius 3 is 2.52 bits per heavy atom. The molecule has 3 rings (SSSR count). The zero-order chi connectivity index (χ0) is 17.8. The summed E-state index contributed by atoms with van der Waals surface area (Å²) in [5.41, 5.74) is 3.23. The third-order valence-electron chi connectivity index (χ3n) is 4.17. The molecule has 5 nitrogen and oxygen atoms in total. The Labute approximate surface area is 152 Å². The summed E-state index contributed by atoms with van der Waals surface area (Å²) < 4.78 is 0. The average molecular weight is 355 g/mol. The van der Waals surface area contributed by atoms with Crippen LogP contribution in [-0.2, 0) is 13.0 Å². The molecule has 0 saturated heterocycles. The summed E-state index contributed by atoms with van der Waals surface area (Å²) in [7, 11) is 1.63. The summed E-state index contributed by atoms with van der Waals surface area (Å²) in [5, 5.41) is 6.25. The molecule has 0 radical (unpaired) electrons. The van der Waals surface area contributed by atoms with Gasteiger partial charge in [0.2, 0.25) is 0 Å². The van der Waals surface area contributed by atoms with Gasteiger partial charge in [-0.2, -0.15) is 0 Å². The van der Waals surface area contributed by atoms with Gasteiger partial charge in [0, 0.05) is 30.7 Å². The highest BCUT2D eigenvalue weighted by Gasteiger charge is 2.23. The first-order valence-electron chi connectivity index (χ1n) is 7.99. The van der Waals surface area contributed by atoms with Crippen molar-refractivity contribution in [1.29, 1.82) is 0 Å². The Balaban J connectivity index is 1.75. The lowest BCUT2D eigenvalue weighted by Gasteiger charge is -2.30. The highest BCUT2D eigenvalue weighted by molar-refractivity contribution is 6.30. The van der Waals surface area contributed by atoms with Crippen LogP contribution in [0.5, 0.6) is 0 Å².